The van der Waals surface area contributed by atoms with Gasteiger partial charge in [0, 0.05) is 13.2 Å². The fourth-order valence-electron chi connectivity index (χ4n) is 3.56. The van der Waals surface area contributed by atoms with E-state index in [4.69, 9.17) is 4.74 Å². The van der Waals surface area contributed by atoms with Crippen LogP contribution in [0.25, 0.3) is 0 Å². The topological polar surface area (TPSA) is 21.3 Å². The van der Waals surface area contributed by atoms with Crippen LogP contribution in [0.4, 0.5) is 0 Å². The second kappa shape index (κ2) is 8.10. The molecule has 1 aliphatic rings. The highest BCUT2D eigenvalue weighted by Crippen LogP contribution is 2.32. The second-order valence-corrected chi connectivity index (χ2v) is 5.49. The Morgan fingerprint density at radius 1 is 1.12 bits per heavy atom. The van der Waals surface area contributed by atoms with Gasteiger partial charge in [0.25, 0.3) is 0 Å². The first kappa shape index (κ1) is 15.0. The van der Waals surface area contributed by atoms with Crippen molar-refractivity contribution in [2.24, 2.45) is 11.8 Å². The molecule has 2 atom stereocenters. The maximum absolute atomic E-state index is 5.86. The minimum atomic E-state index is 0.408. The van der Waals surface area contributed by atoms with Crippen molar-refractivity contribution in [3.05, 3.63) is 0 Å². The van der Waals surface area contributed by atoms with Crippen molar-refractivity contribution in [1.82, 2.24) is 5.32 Å². The third-order valence-electron chi connectivity index (χ3n) is 4.63. The average Bonchev–Trinajstić information content (AvgIpc) is 2.40. The van der Waals surface area contributed by atoms with Crippen LogP contribution in [-0.4, -0.2) is 26.3 Å². The molecule has 0 spiro atoms. The molecular weight excluding hydrogens is 210 g/mol. The Hall–Kier alpha value is -0.0800. The van der Waals surface area contributed by atoms with Crippen molar-refractivity contribution in [2.75, 3.05) is 14.2 Å². The molecule has 0 aromatic heterocycles. The third kappa shape index (κ3) is 3.96. The molecule has 0 aromatic carbocycles. The summed E-state index contributed by atoms with van der Waals surface area (Å²) in [5, 5.41) is 3.53. The number of methoxy groups -OCH3 is 1. The number of hydrogen-bond acceptors (Lipinski definition) is 2. The molecule has 0 aromatic rings. The molecule has 0 radical (unpaired) electrons. The summed E-state index contributed by atoms with van der Waals surface area (Å²) < 4.78 is 5.86. The van der Waals surface area contributed by atoms with Gasteiger partial charge in [0.1, 0.15) is 0 Å². The van der Waals surface area contributed by atoms with Gasteiger partial charge in [0.2, 0.25) is 0 Å². The zero-order chi connectivity index (χ0) is 12.7. The van der Waals surface area contributed by atoms with E-state index < -0.39 is 0 Å². The maximum Gasteiger partial charge on any atom is 0.0754 e. The van der Waals surface area contributed by atoms with E-state index >= 15 is 0 Å². The molecule has 1 N–H and O–H groups in total. The van der Waals surface area contributed by atoms with Crippen LogP contribution < -0.4 is 5.32 Å². The SMILES string of the molecule is CCC(CC)C(NC)C(OC)C1CCCCC1. The summed E-state index contributed by atoms with van der Waals surface area (Å²) in [5.41, 5.74) is 0. The van der Waals surface area contributed by atoms with Gasteiger partial charge in [-0.1, -0.05) is 46.0 Å². The molecule has 102 valence electrons. The average molecular weight is 241 g/mol. The van der Waals surface area contributed by atoms with Gasteiger partial charge >= 0.3 is 0 Å². The molecule has 0 saturated heterocycles. The Kier molecular flexibility index (Phi) is 7.14. The minimum absolute atomic E-state index is 0.408. The maximum atomic E-state index is 5.86. The van der Waals surface area contributed by atoms with Crippen LogP contribution in [0.2, 0.25) is 0 Å². The fraction of sp³-hybridized carbons (Fsp3) is 1.00. The molecule has 0 heterocycles. The Labute approximate surface area is 108 Å². The van der Waals surface area contributed by atoms with E-state index in [-0.39, 0.29) is 0 Å². The molecule has 0 aliphatic heterocycles. The summed E-state index contributed by atoms with van der Waals surface area (Å²) >= 11 is 0. The summed E-state index contributed by atoms with van der Waals surface area (Å²) in [5.74, 6) is 1.51. The standard InChI is InChI=1S/C15H31NO/c1-5-12(6-2)14(16-3)15(17-4)13-10-8-7-9-11-13/h12-16H,5-11H2,1-4H3. The number of likely N-dealkylation sites (N-methyl/N-ethyl adjacent to an activating group) is 1. The molecule has 0 amide bonds. The molecule has 17 heavy (non-hydrogen) atoms. The smallest absolute Gasteiger partial charge is 0.0754 e. The van der Waals surface area contributed by atoms with E-state index in [0.29, 0.717) is 12.1 Å². The van der Waals surface area contributed by atoms with Crippen molar-refractivity contribution >= 4 is 0 Å². The number of nitrogens with one attached hydrogen (secondary N) is 1. The Morgan fingerprint density at radius 2 is 1.71 bits per heavy atom. The largest absolute Gasteiger partial charge is 0.380 e. The summed E-state index contributed by atoms with van der Waals surface area (Å²) in [6, 6.07) is 0.526. The van der Waals surface area contributed by atoms with E-state index in [1.165, 1.54) is 44.9 Å². The highest BCUT2D eigenvalue weighted by atomic mass is 16.5. The zero-order valence-electron chi connectivity index (χ0n) is 12.2. The van der Waals surface area contributed by atoms with Crippen LogP contribution in [0.5, 0.6) is 0 Å². The van der Waals surface area contributed by atoms with Gasteiger partial charge in [0.15, 0.2) is 0 Å². The van der Waals surface area contributed by atoms with Gasteiger partial charge in [-0.2, -0.15) is 0 Å². The van der Waals surface area contributed by atoms with Crippen LogP contribution in [0.3, 0.4) is 0 Å². The van der Waals surface area contributed by atoms with Crippen LogP contribution >= 0.6 is 0 Å². The van der Waals surface area contributed by atoms with E-state index in [9.17, 15) is 0 Å². The first-order valence-electron chi connectivity index (χ1n) is 7.48. The van der Waals surface area contributed by atoms with Crippen molar-refractivity contribution in [2.45, 2.75) is 70.9 Å². The van der Waals surface area contributed by atoms with Crippen LogP contribution in [0.15, 0.2) is 0 Å². The highest BCUT2D eigenvalue weighted by molar-refractivity contribution is 4.87. The van der Waals surface area contributed by atoms with Crippen molar-refractivity contribution in [3.8, 4) is 0 Å². The minimum Gasteiger partial charge on any atom is -0.380 e. The molecule has 1 saturated carbocycles. The predicted molar refractivity (Wildman–Crippen MR) is 74.3 cm³/mol. The quantitative estimate of drug-likeness (QED) is 0.735. The molecule has 0 bridgehead atoms. The first-order valence-corrected chi connectivity index (χ1v) is 7.48. The zero-order valence-corrected chi connectivity index (χ0v) is 12.2. The van der Waals surface area contributed by atoms with Crippen LogP contribution in [0.1, 0.15) is 58.8 Å². The molecule has 2 unspecified atom stereocenters. The first-order chi connectivity index (χ1) is 8.28. The van der Waals surface area contributed by atoms with Crippen molar-refractivity contribution in [1.29, 1.82) is 0 Å². The predicted octanol–water partition coefficient (Wildman–Crippen LogP) is 3.61. The van der Waals surface area contributed by atoms with Crippen molar-refractivity contribution in [3.63, 3.8) is 0 Å². The van der Waals surface area contributed by atoms with Gasteiger partial charge in [-0.3, -0.25) is 0 Å². The normalized spacial score (nSPS) is 21.7. The van der Waals surface area contributed by atoms with Gasteiger partial charge in [-0.05, 0) is 31.7 Å². The van der Waals surface area contributed by atoms with Crippen LogP contribution in [-0.2, 0) is 4.74 Å². The van der Waals surface area contributed by atoms with Crippen molar-refractivity contribution < 1.29 is 4.74 Å². The monoisotopic (exact) mass is 241 g/mol. The van der Waals surface area contributed by atoms with Crippen LogP contribution in [0, 0.1) is 11.8 Å². The van der Waals surface area contributed by atoms with Gasteiger partial charge < -0.3 is 10.1 Å². The fourth-order valence-corrected chi connectivity index (χ4v) is 3.56. The van der Waals surface area contributed by atoms with E-state index in [2.05, 4.69) is 26.2 Å². The summed E-state index contributed by atoms with van der Waals surface area (Å²) in [6.07, 6.45) is 9.82. The van der Waals surface area contributed by atoms with Gasteiger partial charge in [0.05, 0.1) is 6.10 Å². The Balaban J connectivity index is 2.66. The molecule has 2 nitrogen and oxygen atoms in total. The molecule has 2 heteroatoms. The van der Waals surface area contributed by atoms with Gasteiger partial charge in [-0.25, -0.2) is 0 Å². The summed E-state index contributed by atoms with van der Waals surface area (Å²) in [4.78, 5) is 0. The summed E-state index contributed by atoms with van der Waals surface area (Å²) in [7, 11) is 3.99. The number of rotatable bonds is 7. The van der Waals surface area contributed by atoms with Gasteiger partial charge in [-0.15, -0.1) is 0 Å². The molecule has 1 aliphatic carbocycles. The molecule has 1 fully saturated rings. The second-order valence-electron chi connectivity index (χ2n) is 5.49. The third-order valence-corrected chi connectivity index (χ3v) is 4.63. The molecular formula is C15H31NO. The van der Waals surface area contributed by atoms with E-state index in [1.54, 1.807) is 0 Å². The summed E-state index contributed by atoms with van der Waals surface area (Å²) in [6.45, 7) is 4.60. The number of hydrogen-bond donors (Lipinski definition) is 1. The number of ether oxygens (including phenoxy) is 1. The lowest BCUT2D eigenvalue weighted by molar-refractivity contribution is -0.00689. The lowest BCUT2D eigenvalue weighted by Gasteiger charge is -2.38. The Morgan fingerprint density at radius 3 is 2.12 bits per heavy atom. The lowest BCUT2D eigenvalue weighted by Crippen LogP contribution is -2.48. The van der Waals surface area contributed by atoms with E-state index in [1.807, 2.05) is 7.11 Å². The molecule has 1 rings (SSSR count). The van der Waals surface area contributed by atoms with E-state index in [0.717, 1.165) is 11.8 Å². The lowest BCUT2D eigenvalue weighted by atomic mass is 9.78. The Bertz CT molecular complexity index is 185. The highest BCUT2D eigenvalue weighted by Gasteiger charge is 2.33.